The minimum Gasteiger partial charge on any atom is -0.342 e. The Hall–Kier alpha value is -0.280. The monoisotopic (exact) mass is 272 g/mol. The molecule has 0 saturated carbocycles. The zero-order valence-corrected chi connectivity index (χ0v) is 12.0. The predicted octanol–water partition coefficient (Wildman–Crippen LogP) is 2.20. The molecule has 2 bridgehead atoms. The summed E-state index contributed by atoms with van der Waals surface area (Å²) in [7, 11) is 0. The minimum atomic E-state index is 0. The Morgan fingerprint density at radius 2 is 1.89 bits per heavy atom. The second kappa shape index (κ2) is 5.79. The Balaban J connectivity index is 0.00000120. The maximum absolute atomic E-state index is 12.2. The van der Waals surface area contributed by atoms with E-state index in [2.05, 4.69) is 17.1 Å². The maximum atomic E-state index is 12.2. The fraction of sp³-hybridized carbons (Fsp3) is 0.929. The Kier molecular flexibility index (Phi) is 4.54. The van der Waals surface area contributed by atoms with Gasteiger partial charge in [0.1, 0.15) is 0 Å². The zero-order chi connectivity index (χ0) is 11.8. The Morgan fingerprint density at radius 3 is 2.44 bits per heavy atom. The molecule has 0 aromatic rings. The lowest BCUT2D eigenvalue weighted by Crippen LogP contribution is -2.40. The van der Waals surface area contributed by atoms with E-state index >= 15 is 0 Å². The van der Waals surface area contributed by atoms with E-state index < -0.39 is 0 Å². The number of halogens is 1. The lowest BCUT2D eigenvalue weighted by atomic mass is 9.89. The summed E-state index contributed by atoms with van der Waals surface area (Å²) in [5.74, 6) is 1.78. The van der Waals surface area contributed by atoms with Gasteiger partial charge in [-0.1, -0.05) is 6.92 Å². The average Bonchev–Trinajstić information content (AvgIpc) is 2.85. The van der Waals surface area contributed by atoms with Crippen molar-refractivity contribution in [2.45, 2.75) is 57.5 Å². The molecule has 4 heteroatoms. The van der Waals surface area contributed by atoms with E-state index in [0.717, 1.165) is 19.5 Å². The van der Waals surface area contributed by atoms with Crippen LogP contribution in [0.4, 0.5) is 0 Å². The molecule has 3 aliphatic rings. The summed E-state index contributed by atoms with van der Waals surface area (Å²) < 4.78 is 0. The van der Waals surface area contributed by atoms with Crippen LogP contribution in [-0.4, -0.2) is 36.0 Å². The van der Waals surface area contributed by atoms with Gasteiger partial charge in [-0.15, -0.1) is 12.4 Å². The molecule has 3 rings (SSSR count). The van der Waals surface area contributed by atoms with Crippen LogP contribution < -0.4 is 5.32 Å². The first kappa shape index (κ1) is 14.1. The van der Waals surface area contributed by atoms with E-state index in [9.17, 15) is 4.79 Å². The van der Waals surface area contributed by atoms with Crippen LogP contribution in [0.25, 0.3) is 0 Å². The highest BCUT2D eigenvalue weighted by atomic mass is 35.5. The number of carbonyl (C=O) groups excluding carboxylic acids is 1. The Morgan fingerprint density at radius 1 is 1.22 bits per heavy atom. The fourth-order valence-corrected chi connectivity index (χ4v) is 3.88. The van der Waals surface area contributed by atoms with Gasteiger partial charge in [0.2, 0.25) is 5.91 Å². The van der Waals surface area contributed by atoms with Gasteiger partial charge in [0, 0.05) is 31.6 Å². The molecule has 3 aliphatic heterocycles. The number of likely N-dealkylation sites (tertiary alicyclic amines) is 1. The normalized spacial score (nSPS) is 38.6. The highest BCUT2D eigenvalue weighted by Crippen LogP contribution is 2.33. The van der Waals surface area contributed by atoms with Gasteiger partial charge in [-0.3, -0.25) is 4.79 Å². The standard InChI is InChI=1S/C14H24N2O.ClH/c1-10-4-5-16(9-10)14(17)8-11-6-12-2-3-13(7-11)15-12;/h10-13,15H,2-9H2,1H3;1H. The first-order chi connectivity index (χ1) is 8.20. The first-order valence-corrected chi connectivity index (χ1v) is 7.24. The SMILES string of the molecule is CC1CCN(C(=O)CC2CC3CCC(C2)N3)C1.Cl. The van der Waals surface area contributed by atoms with Crippen molar-refractivity contribution in [1.82, 2.24) is 10.2 Å². The van der Waals surface area contributed by atoms with E-state index in [1.807, 2.05) is 0 Å². The lowest BCUT2D eigenvalue weighted by molar-refractivity contribution is -0.131. The van der Waals surface area contributed by atoms with E-state index in [1.54, 1.807) is 0 Å². The molecule has 0 aromatic heterocycles. The van der Waals surface area contributed by atoms with Gasteiger partial charge < -0.3 is 10.2 Å². The van der Waals surface area contributed by atoms with Crippen molar-refractivity contribution < 1.29 is 4.79 Å². The number of hydrogen-bond donors (Lipinski definition) is 1. The number of piperidine rings is 1. The zero-order valence-electron chi connectivity index (χ0n) is 11.2. The third-order valence-electron chi connectivity index (χ3n) is 4.81. The highest BCUT2D eigenvalue weighted by Gasteiger charge is 2.35. The summed E-state index contributed by atoms with van der Waals surface area (Å²) in [6.45, 7) is 4.24. The molecule has 0 aliphatic carbocycles. The number of fused-ring (bicyclic) bond motifs is 2. The molecular formula is C14H25ClN2O. The van der Waals surface area contributed by atoms with Gasteiger partial charge in [-0.05, 0) is 43.9 Å². The Bertz CT molecular complexity index is 298. The number of amides is 1. The summed E-state index contributed by atoms with van der Waals surface area (Å²) in [4.78, 5) is 14.3. The van der Waals surface area contributed by atoms with Gasteiger partial charge in [-0.25, -0.2) is 0 Å². The van der Waals surface area contributed by atoms with Gasteiger partial charge in [-0.2, -0.15) is 0 Å². The molecule has 3 heterocycles. The van der Waals surface area contributed by atoms with Crippen LogP contribution in [0.5, 0.6) is 0 Å². The van der Waals surface area contributed by atoms with Crippen LogP contribution in [0, 0.1) is 11.8 Å². The molecule has 3 unspecified atom stereocenters. The minimum absolute atomic E-state index is 0. The third kappa shape index (κ3) is 3.00. The van der Waals surface area contributed by atoms with Crippen molar-refractivity contribution in [2.75, 3.05) is 13.1 Å². The molecule has 0 aromatic carbocycles. The molecule has 104 valence electrons. The Labute approximate surface area is 116 Å². The number of nitrogens with one attached hydrogen (secondary N) is 1. The smallest absolute Gasteiger partial charge is 0.222 e. The van der Waals surface area contributed by atoms with Crippen molar-refractivity contribution in [1.29, 1.82) is 0 Å². The van der Waals surface area contributed by atoms with Crippen LogP contribution in [0.1, 0.15) is 45.4 Å². The number of carbonyl (C=O) groups is 1. The molecule has 3 fully saturated rings. The number of hydrogen-bond acceptors (Lipinski definition) is 2. The van der Waals surface area contributed by atoms with Crippen molar-refractivity contribution in [3.63, 3.8) is 0 Å². The summed E-state index contributed by atoms with van der Waals surface area (Å²) >= 11 is 0. The van der Waals surface area contributed by atoms with Crippen molar-refractivity contribution >= 4 is 18.3 Å². The quantitative estimate of drug-likeness (QED) is 0.836. The van der Waals surface area contributed by atoms with Gasteiger partial charge in [0.25, 0.3) is 0 Å². The summed E-state index contributed by atoms with van der Waals surface area (Å²) in [6.07, 6.45) is 7.12. The van der Waals surface area contributed by atoms with E-state index in [0.29, 0.717) is 29.8 Å². The van der Waals surface area contributed by atoms with Crippen molar-refractivity contribution in [3.05, 3.63) is 0 Å². The molecule has 0 radical (unpaired) electrons. The average molecular weight is 273 g/mol. The van der Waals surface area contributed by atoms with Gasteiger partial charge >= 0.3 is 0 Å². The fourth-order valence-electron chi connectivity index (χ4n) is 3.88. The van der Waals surface area contributed by atoms with E-state index in [-0.39, 0.29) is 12.4 Å². The van der Waals surface area contributed by atoms with Gasteiger partial charge in [0.15, 0.2) is 0 Å². The van der Waals surface area contributed by atoms with Crippen LogP contribution in [0.3, 0.4) is 0 Å². The number of rotatable bonds is 2. The second-order valence-corrected chi connectivity index (χ2v) is 6.41. The molecule has 1 amide bonds. The summed E-state index contributed by atoms with van der Waals surface area (Å²) in [6, 6.07) is 1.42. The van der Waals surface area contributed by atoms with E-state index in [4.69, 9.17) is 0 Å². The van der Waals surface area contributed by atoms with Crippen LogP contribution in [-0.2, 0) is 4.79 Å². The molecular weight excluding hydrogens is 248 g/mol. The van der Waals surface area contributed by atoms with E-state index in [1.165, 1.54) is 32.1 Å². The molecule has 3 atom stereocenters. The number of nitrogens with zero attached hydrogens (tertiary/aromatic N) is 1. The molecule has 3 saturated heterocycles. The second-order valence-electron chi connectivity index (χ2n) is 6.41. The predicted molar refractivity (Wildman–Crippen MR) is 74.9 cm³/mol. The summed E-state index contributed by atoms with van der Waals surface area (Å²) in [5, 5.41) is 3.65. The van der Waals surface area contributed by atoms with Crippen LogP contribution >= 0.6 is 12.4 Å². The van der Waals surface area contributed by atoms with Crippen LogP contribution in [0.15, 0.2) is 0 Å². The largest absolute Gasteiger partial charge is 0.342 e. The third-order valence-corrected chi connectivity index (χ3v) is 4.81. The molecule has 18 heavy (non-hydrogen) atoms. The van der Waals surface area contributed by atoms with Crippen molar-refractivity contribution in [2.24, 2.45) is 11.8 Å². The first-order valence-electron chi connectivity index (χ1n) is 7.24. The van der Waals surface area contributed by atoms with Gasteiger partial charge in [0.05, 0.1) is 0 Å². The molecule has 1 N–H and O–H groups in total. The van der Waals surface area contributed by atoms with Crippen LogP contribution in [0.2, 0.25) is 0 Å². The topological polar surface area (TPSA) is 32.3 Å². The maximum Gasteiger partial charge on any atom is 0.222 e. The summed E-state index contributed by atoms with van der Waals surface area (Å²) in [5.41, 5.74) is 0. The highest BCUT2D eigenvalue weighted by molar-refractivity contribution is 5.85. The van der Waals surface area contributed by atoms with Crippen molar-refractivity contribution in [3.8, 4) is 0 Å². The molecule has 0 spiro atoms. The lowest BCUT2D eigenvalue weighted by Gasteiger charge is -2.29. The molecule has 3 nitrogen and oxygen atoms in total.